The van der Waals surface area contributed by atoms with Gasteiger partial charge in [0.15, 0.2) is 0 Å². The molecule has 1 rings (SSSR count). The van der Waals surface area contributed by atoms with Crippen LogP contribution in [-0.4, -0.2) is 23.4 Å². The standard InChI is InChI=1S/C13H18FNO.C2H6/c1-5-15(9(2)3)13(16)12-8-11(14)7-6-10(12)4;1-2/h6-9H,5H2,1-4H3;1-2H3. The van der Waals surface area contributed by atoms with Gasteiger partial charge in [-0.15, -0.1) is 0 Å². The fraction of sp³-hybridized carbons (Fsp3) is 0.533. The average molecular weight is 253 g/mol. The van der Waals surface area contributed by atoms with Crippen LogP contribution in [0, 0.1) is 12.7 Å². The van der Waals surface area contributed by atoms with Crippen LogP contribution in [0.3, 0.4) is 0 Å². The molecule has 1 aromatic carbocycles. The molecular formula is C15H24FNO. The van der Waals surface area contributed by atoms with Gasteiger partial charge in [0.1, 0.15) is 5.82 Å². The van der Waals surface area contributed by atoms with E-state index in [4.69, 9.17) is 0 Å². The Morgan fingerprint density at radius 2 is 1.89 bits per heavy atom. The van der Waals surface area contributed by atoms with E-state index in [1.807, 2.05) is 41.5 Å². The Bertz CT molecular complexity index is 388. The van der Waals surface area contributed by atoms with E-state index in [1.54, 1.807) is 11.0 Å². The average Bonchev–Trinajstić information content (AvgIpc) is 2.35. The van der Waals surface area contributed by atoms with E-state index in [9.17, 15) is 9.18 Å². The van der Waals surface area contributed by atoms with Gasteiger partial charge in [-0.2, -0.15) is 0 Å². The van der Waals surface area contributed by atoms with Crippen LogP contribution in [0.1, 0.15) is 50.5 Å². The van der Waals surface area contributed by atoms with Gasteiger partial charge >= 0.3 is 0 Å². The zero-order valence-electron chi connectivity index (χ0n) is 12.2. The summed E-state index contributed by atoms with van der Waals surface area (Å²) in [5.41, 5.74) is 1.26. The van der Waals surface area contributed by atoms with Crippen LogP contribution in [0.4, 0.5) is 4.39 Å². The van der Waals surface area contributed by atoms with Gasteiger partial charge in [0.2, 0.25) is 0 Å². The van der Waals surface area contributed by atoms with E-state index in [1.165, 1.54) is 12.1 Å². The highest BCUT2D eigenvalue weighted by Crippen LogP contribution is 2.14. The van der Waals surface area contributed by atoms with Crippen LogP contribution in [-0.2, 0) is 0 Å². The quantitative estimate of drug-likeness (QED) is 0.796. The molecule has 0 atom stereocenters. The van der Waals surface area contributed by atoms with Crippen molar-refractivity contribution in [2.24, 2.45) is 0 Å². The maximum absolute atomic E-state index is 13.1. The van der Waals surface area contributed by atoms with Crippen molar-refractivity contribution in [1.82, 2.24) is 4.90 Å². The number of halogens is 1. The molecule has 3 heteroatoms. The lowest BCUT2D eigenvalue weighted by molar-refractivity contribution is 0.0715. The SMILES string of the molecule is CC.CCN(C(=O)c1cc(F)ccc1C)C(C)C. The number of benzene rings is 1. The van der Waals surface area contributed by atoms with Gasteiger partial charge in [0.25, 0.3) is 5.91 Å². The van der Waals surface area contributed by atoms with E-state index >= 15 is 0 Å². The monoisotopic (exact) mass is 253 g/mol. The van der Waals surface area contributed by atoms with E-state index in [0.717, 1.165) is 5.56 Å². The highest BCUT2D eigenvalue weighted by Gasteiger charge is 2.18. The predicted molar refractivity (Wildman–Crippen MR) is 74.3 cm³/mol. The Morgan fingerprint density at radius 1 is 1.33 bits per heavy atom. The molecule has 0 aliphatic heterocycles. The Morgan fingerprint density at radius 3 is 2.33 bits per heavy atom. The smallest absolute Gasteiger partial charge is 0.254 e. The third-order valence-electron chi connectivity index (χ3n) is 2.65. The Labute approximate surface area is 110 Å². The third-order valence-corrected chi connectivity index (χ3v) is 2.65. The minimum absolute atomic E-state index is 0.102. The first kappa shape index (κ1) is 16.6. The first-order valence-electron chi connectivity index (χ1n) is 6.54. The van der Waals surface area contributed by atoms with Gasteiger partial charge in [0, 0.05) is 18.2 Å². The number of rotatable bonds is 3. The normalized spacial score (nSPS) is 9.78. The largest absolute Gasteiger partial charge is 0.336 e. The summed E-state index contributed by atoms with van der Waals surface area (Å²) in [7, 11) is 0. The number of nitrogens with zero attached hydrogens (tertiary/aromatic N) is 1. The molecule has 0 saturated heterocycles. The topological polar surface area (TPSA) is 20.3 Å². The van der Waals surface area contributed by atoms with Crippen molar-refractivity contribution in [2.75, 3.05) is 6.54 Å². The second-order valence-corrected chi connectivity index (χ2v) is 4.14. The van der Waals surface area contributed by atoms with Crippen molar-refractivity contribution in [2.45, 2.75) is 47.6 Å². The molecule has 2 nitrogen and oxygen atoms in total. The van der Waals surface area contributed by atoms with Gasteiger partial charge < -0.3 is 4.90 Å². The van der Waals surface area contributed by atoms with Crippen molar-refractivity contribution >= 4 is 5.91 Å². The summed E-state index contributed by atoms with van der Waals surface area (Å²) >= 11 is 0. The summed E-state index contributed by atoms with van der Waals surface area (Å²) in [5.74, 6) is -0.469. The Balaban J connectivity index is 0.00000137. The molecule has 1 amide bonds. The number of carbonyl (C=O) groups is 1. The number of hydrogen-bond acceptors (Lipinski definition) is 1. The fourth-order valence-electron chi connectivity index (χ4n) is 1.72. The van der Waals surface area contributed by atoms with Crippen LogP contribution in [0.2, 0.25) is 0 Å². The molecule has 0 radical (unpaired) electrons. The summed E-state index contributed by atoms with van der Waals surface area (Å²) in [6.45, 7) is 12.3. The number of amides is 1. The molecule has 0 bridgehead atoms. The highest BCUT2D eigenvalue weighted by molar-refractivity contribution is 5.95. The van der Waals surface area contributed by atoms with Crippen molar-refractivity contribution < 1.29 is 9.18 Å². The van der Waals surface area contributed by atoms with E-state index in [-0.39, 0.29) is 17.8 Å². The molecule has 0 aliphatic carbocycles. The fourth-order valence-corrected chi connectivity index (χ4v) is 1.72. The summed E-state index contributed by atoms with van der Waals surface area (Å²) in [6, 6.07) is 4.44. The predicted octanol–water partition coefficient (Wildman–Crippen LogP) is 4.03. The van der Waals surface area contributed by atoms with Crippen LogP contribution >= 0.6 is 0 Å². The zero-order valence-corrected chi connectivity index (χ0v) is 12.2. The van der Waals surface area contributed by atoms with Crippen molar-refractivity contribution in [3.8, 4) is 0 Å². The van der Waals surface area contributed by atoms with Gasteiger partial charge in [-0.25, -0.2) is 4.39 Å². The third kappa shape index (κ3) is 4.13. The van der Waals surface area contributed by atoms with Crippen LogP contribution in [0.15, 0.2) is 18.2 Å². The lowest BCUT2D eigenvalue weighted by Crippen LogP contribution is -2.37. The van der Waals surface area contributed by atoms with E-state index in [2.05, 4.69) is 0 Å². The minimum Gasteiger partial charge on any atom is -0.336 e. The Hall–Kier alpha value is -1.38. The lowest BCUT2D eigenvalue weighted by atomic mass is 10.1. The van der Waals surface area contributed by atoms with Gasteiger partial charge in [-0.1, -0.05) is 19.9 Å². The van der Waals surface area contributed by atoms with Crippen molar-refractivity contribution in [1.29, 1.82) is 0 Å². The van der Waals surface area contributed by atoms with Crippen molar-refractivity contribution in [3.63, 3.8) is 0 Å². The first-order chi connectivity index (χ1) is 8.47. The summed E-state index contributed by atoms with van der Waals surface area (Å²) in [6.07, 6.45) is 0. The van der Waals surface area contributed by atoms with Gasteiger partial charge in [-0.05, 0) is 45.4 Å². The van der Waals surface area contributed by atoms with Crippen LogP contribution in [0.5, 0.6) is 0 Å². The zero-order chi connectivity index (χ0) is 14.3. The number of carbonyl (C=O) groups excluding carboxylic acids is 1. The molecule has 0 N–H and O–H groups in total. The maximum Gasteiger partial charge on any atom is 0.254 e. The second kappa shape index (κ2) is 7.85. The molecule has 0 unspecified atom stereocenters. The van der Waals surface area contributed by atoms with E-state index < -0.39 is 0 Å². The maximum atomic E-state index is 13.1. The molecule has 0 aromatic heterocycles. The first-order valence-corrected chi connectivity index (χ1v) is 6.54. The molecule has 1 aromatic rings. The second-order valence-electron chi connectivity index (χ2n) is 4.14. The summed E-state index contributed by atoms with van der Waals surface area (Å²) in [4.78, 5) is 13.9. The number of hydrogen-bond donors (Lipinski definition) is 0. The molecule has 0 aliphatic rings. The van der Waals surface area contributed by atoms with Crippen LogP contribution in [0.25, 0.3) is 0 Å². The molecule has 0 spiro atoms. The van der Waals surface area contributed by atoms with Gasteiger partial charge in [-0.3, -0.25) is 4.79 Å². The van der Waals surface area contributed by atoms with E-state index in [0.29, 0.717) is 12.1 Å². The van der Waals surface area contributed by atoms with Gasteiger partial charge in [0.05, 0.1) is 0 Å². The lowest BCUT2D eigenvalue weighted by Gasteiger charge is -2.25. The summed E-state index contributed by atoms with van der Waals surface area (Å²) < 4.78 is 13.1. The highest BCUT2D eigenvalue weighted by atomic mass is 19.1. The minimum atomic E-state index is -0.367. The molecule has 0 heterocycles. The van der Waals surface area contributed by atoms with Crippen molar-refractivity contribution in [3.05, 3.63) is 35.1 Å². The Kier molecular flexibility index (Phi) is 7.25. The molecular weight excluding hydrogens is 229 g/mol. The molecule has 0 fully saturated rings. The number of aryl methyl sites for hydroxylation is 1. The van der Waals surface area contributed by atoms with Crippen LogP contribution < -0.4 is 0 Å². The molecule has 0 saturated carbocycles. The summed E-state index contributed by atoms with van der Waals surface area (Å²) in [5, 5.41) is 0. The molecule has 18 heavy (non-hydrogen) atoms. The molecule has 102 valence electrons.